The van der Waals surface area contributed by atoms with Crippen molar-refractivity contribution in [3.05, 3.63) is 48.6 Å². The molecule has 2 unspecified atom stereocenters. The van der Waals surface area contributed by atoms with Gasteiger partial charge < -0.3 is 18.9 Å². The number of esters is 2. The number of unbranched alkanes of at least 4 members (excludes halogenated alkanes) is 49. The Hall–Kier alpha value is -2.03. The number of rotatable bonds is 71. The van der Waals surface area contributed by atoms with Gasteiger partial charge in [0.2, 0.25) is 0 Å². The van der Waals surface area contributed by atoms with Gasteiger partial charge in [0.25, 0.3) is 0 Å². The summed E-state index contributed by atoms with van der Waals surface area (Å²) in [6.45, 7) is 4.39. The predicted octanol–water partition coefficient (Wildman–Crippen LogP) is 24.8. The first-order valence-electron chi connectivity index (χ1n) is 37.9. The van der Waals surface area contributed by atoms with Gasteiger partial charge in [0.1, 0.15) is 19.8 Å². The number of carbonyl (C=O) groups excluding carboxylic acids is 2. The van der Waals surface area contributed by atoms with Gasteiger partial charge in [0.15, 0.2) is 6.10 Å². The molecule has 0 aromatic rings. The molecule has 0 aliphatic rings. The molecule has 0 saturated heterocycles. The van der Waals surface area contributed by atoms with Gasteiger partial charge in [-0.05, 0) is 51.4 Å². The number of nitrogens with zero attached hydrogens (tertiary/aromatic N) is 1. The molecule has 0 saturated carbocycles. The molecular weight excluding hydrogens is 1100 g/mol. The molecule has 0 aliphatic carbocycles. The number of hydrogen-bond acceptors (Lipinski definition) is 7. The Morgan fingerprint density at radius 1 is 0.368 bits per heavy atom. The van der Waals surface area contributed by atoms with Gasteiger partial charge in [-0.3, -0.25) is 18.6 Å². The molecular formula is C77H147NO8P+. The summed E-state index contributed by atoms with van der Waals surface area (Å²) in [5, 5.41) is 0. The van der Waals surface area contributed by atoms with Crippen LogP contribution in [0.1, 0.15) is 380 Å². The number of hydrogen-bond donors (Lipinski definition) is 1. The molecule has 2 atom stereocenters. The summed E-state index contributed by atoms with van der Waals surface area (Å²) in [5.41, 5.74) is 0. The van der Waals surface area contributed by atoms with Crippen LogP contribution in [0, 0.1) is 0 Å². The standard InChI is InChI=1S/C77H146NO8P/c1-6-8-10-12-14-16-18-20-22-24-26-28-30-32-33-34-35-36-37-38-39-40-41-42-43-44-46-47-49-51-53-55-57-59-61-63-65-67-69-76(79)83-73-75(74-85-87(81,82)84-72-71-78(3,4)5)86-77(80)70-68-66-64-62-60-58-56-54-52-50-48-45-31-29-27-25-23-21-19-17-15-13-11-9-7-2/h9,11,15,17,21,23,27,29,75H,6-8,10,12-14,16,18-20,22,24-26,28,30-74H2,1-5H3/p+1/b11-9-,17-15-,23-21-,29-27-. The van der Waals surface area contributed by atoms with E-state index in [0.717, 1.165) is 64.2 Å². The fourth-order valence-electron chi connectivity index (χ4n) is 11.4. The molecule has 0 fully saturated rings. The van der Waals surface area contributed by atoms with Crippen molar-refractivity contribution in [1.82, 2.24) is 0 Å². The van der Waals surface area contributed by atoms with Crippen LogP contribution in [-0.2, 0) is 32.7 Å². The van der Waals surface area contributed by atoms with Gasteiger partial charge in [0, 0.05) is 12.8 Å². The zero-order chi connectivity index (χ0) is 63.4. The molecule has 512 valence electrons. The van der Waals surface area contributed by atoms with Crippen LogP contribution in [0.2, 0.25) is 0 Å². The molecule has 0 rings (SSSR count). The first-order chi connectivity index (χ1) is 42.5. The number of allylic oxidation sites excluding steroid dienone is 8. The molecule has 0 aromatic carbocycles. The molecule has 87 heavy (non-hydrogen) atoms. The monoisotopic (exact) mass is 1250 g/mol. The molecule has 0 radical (unpaired) electrons. The van der Waals surface area contributed by atoms with E-state index in [1.165, 1.54) is 283 Å². The Morgan fingerprint density at radius 3 is 0.977 bits per heavy atom. The van der Waals surface area contributed by atoms with Crippen molar-refractivity contribution in [1.29, 1.82) is 0 Å². The van der Waals surface area contributed by atoms with E-state index < -0.39 is 26.5 Å². The third kappa shape index (κ3) is 72.9. The van der Waals surface area contributed by atoms with Crippen molar-refractivity contribution in [3.63, 3.8) is 0 Å². The third-order valence-corrected chi connectivity index (χ3v) is 18.1. The first-order valence-corrected chi connectivity index (χ1v) is 39.4. The maximum Gasteiger partial charge on any atom is 0.472 e. The van der Waals surface area contributed by atoms with E-state index in [1.807, 2.05) is 21.1 Å². The highest BCUT2D eigenvalue weighted by molar-refractivity contribution is 7.47. The van der Waals surface area contributed by atoms with Crippen LogP contribution in [0.5, 0.6) is 0 Å². The fraction of sp³-hybridized carbons (Fsp3) is 0.870. The van der Waals surface area contributed by atoms with Crippen molar-refractivity contribution in [3.8, 4) is 0 Å². The topological polar surface area (TPSA) is 108 Å². The molecule has 0 bridgehead atoms. The van der Waals surface area contributed by atoms with Gasteiger partial charge in [-0.1, -0.05) is 364 Å². The van der Waals surface area contributed by atoms with Crippen LogP contribution in [-0.4, -0.2) is 74.9 Å². The van der Waals surface area contributed by atoms with Crippen LogP contribution in [0.3, 0.4) is 0 Å². The SMILES string of the molecule is CC/C=C\C/C=C\C/C=C\C/C=C\CCCCCCCCCCCCCCC(=O)OC(COC(=O)CCCCCCCCCCCCCCCCCCCCCCCCCCCCCCCCCCCCCCCC)COP(=O)(O)OCC[N+](C)(C)C. The lowest BCUT2D eigenvalue weighted by atomic mass is 10.0. The Morgan fingerprint density at radius 2 is 0.655 bits per heavy atom. The molecule has 0 aromatic heterocycles. The summed E-state index contributed by atoms with van der Waals surface area (Å²) in [6, 6.07) is 0. The maximum atomic E-state index is 12.9. The molecule has 0 spiro atoms. The predicted molar refractivity (Wildman–Crippen MR) is 377 cm³/mol. The maximum absolute atomic E-state index is 12.9. The largest absolute Gasteiger partial charge is 0.472 e. The smallest absolute Gasteiger partial charge is 0.462 e. The van der Waals surface area contributed by atoms with E-state index in [0.29, 0.717) is 23.9 Å². The lowest BCUT2D eigenvalue weighted by Gasteiger charge is -2.24. The average Bonchev–Trinajstić information content (AvgIpc) is 3.49. The summed E-state index contributed by atoms with van der Waals surface area (Å²) >= 11 is 0. The third-order valence-electron chi connectivity index (χ3n) is 17.1. The number of carbonyl (C=O) groups is 2. The second-order valence-electron chi connectivity index (χ2n) is 27.0. The van der Waals surface area contributed by atoms with E-state index in [4.69, 9.17) is 18.5 Å². The van der Waals surface area contributed by atoms with Crippen LogP contribution >= 0.6 is 7.82 Å². The number of phosphoric acid groups is 1. The minimum absolute atomic E-state index is 0.0325. The normalized spacial score (nSPS) is 13.3. The quantitative estimate of drug-likeness (QED) is 0.0211. The lowest BCUT2D eigenvalue weighted by molar-refractivity contribution is -0.870. The van der Waals surface area contributed by atoms with Crippen LogP contribution < -0.4 is 0 Å². The van der Waals surface area contributed by atoms with Gasteiger partial charge in [-0.2, -0.15) is 0 Å². The Labute approximate surface area is 541 Å². The molecule has 1 N–H and O–H groups in total. The molecule has 9 nitrogen and oxygen atoms in total. The van der Waals surface area contributed by atoms with E-state index in [-0.39, 0.29) is 25.6 Å². The highest BCUT2D eigenvalue weighted by atomic mass is 31.2. The number of likely N-dealkylation sites (N-methyl/N-ethyl adjacent to an activating group) is 1. The molecule has 0 aliphatic heterocycles. The van der Waals surface area contributed by atoms with E-state index >= 15 is 0 Å². The minimum Gasteiger partial charge on any atom is -0.462 e. The summed E-state index contributed by atoms with van der Waals surface area (Å²) in [5.74, 6) is -0.781. The Kier molecular flexibility index (Phi) is 66.7. The molecule has 0 amide bonds. The summed E-state index contributed by atoms with van der Waals surface area (Å²) in [4.78, 5) is 35.9. The fourth-order valence-corrected chi connectivity index (χ4v) is 12.1. The van der Waals surface area contributed by atoms with Crippen molar-refractivity contribution >= 4 is 19.8 Å². The van der Waals surface area contributed by atoms with Gasteiger partial charge >= 0.3 is 19.8 Å². The Bertz CT molecular complexity index is 1610. The molecule has 10 heteroatoms. The van der Waals surface area contributed by atoms with Gasteiger partial charge in [0.05, 0.1) is 27.7 Å². The number of quaternary nitrogens is 1. The van der Waals surface area contributed by atoms with Crippen LogP contribution in [0.25, 0.3) is 0 Å². The zero-order valence-corrected chi connectivity index (χ0v) is 59.4. The summed E-state index contributed by atoms with van der Waals surface area (Å²) in [6.07, 6.45) is 89.7. The minimum atomic E-state index is -4.39. The summed E-state index contributed by atoms with van der Waals surface area (Å²) in [7, 11) is 1.49. The van der Waals surface area contributed by atoms with Gasteiger partial charge in [-0.25, -0.2) is 4.57 Å². The summed E-state index contributed by atoms with van der Waals surface area (Å²) < 4.78 is 34.8. The van der Waals surface area contributed by atoms with E-state index in [9.17, 15) is 19.0 Å². The van der Waals surface area contributed by atoms with Crippen molar-refractivity contribution in [2.75, 3.05) is 47.5 Å². The molecule has 0 heterocycles. The first kappa shape index (κ1) is 85.0. The highest BCUT2D eigenvalue weighted by Gasteiger charge is 2.27. The van der Waals surface area contributed by atoms with Crippen molar-refractivity contribution < 1.29 is 42.1 Å². The van der Waals surface area contributed by atoms with E-state index in [1.54, 1.807) is 0 Å². The van der Waals surface area contributed by atoms with Crippen LogP contribution in [0.15, 0.2) is 48.6 Å². The lowest BCUT2D eigenvalue weighted by Crippen LogP contribution is -2.37. The van der Waals surface area contributed by atoms with Crippen LogP contribution in [0.4, 0.5) is 0 Å². The number of phosphoric ester groups is 1. The van der Waals surface area contributed by atoms with E-state index in [2.05, 4.69) is 62.5 Å². The van der Waals surface area contributed by atoms with Crippen molar-refractivity contribution in [2.24, 2.45) is 0 Å². The highest BCUT2D eigenvalue weighted by Crippen LogP contribution is 2.43. The number of ether oxygens (including phenoxy) is 2. The van der Waals surface area contributed by atoms with Crippen molar-refractivity contribution in [2.45, 2.75) is 386 Å². The Balaban J connectivity index is 3.90. The second kappa shape index (κ2) is 68.3. The van der Waals surface area contributed by atoms with Gasteiger partial charge in [-0.15, -0.1) is 0 Å². The average molecular weight is 1250 g/mol. The second-order valence-corrected chi connectivity index (χ2v) is 28.5. The zero-order valence-electron chi connectivity index (χ0n) is 58.5.